The third kappa shape index (κ3) is 3.81. The van der Waals surface area contributed by atoms with Gasteiger partial charge < -0.3 is 5.11 Å². The second-order valence-corrected chi connectivity index (χ2v) is 7.69. The van der Waals surface area contributed by atoms with E-state index in [9.17, 15) is 13.5 Å². The third-order valence-corrected chi connectivity index (χ3v) is 5.86. The van der Waals surface area contributed by atoms with Crippen LogP contribution in [0.1, 0.15) is 30.9 Å². The molecule has 20 heavy (non-hydrogen) atoms. The van der Waals surface area contributed by atoms with E-state index in [2.05, 4.69) is 0 Å². The van der Waals surface area contributed by atoms with Gasteiger partial charge in [-0.2, -0.15) is 0 Å². The van der Waals surface area contributed by atoms with Crippen molar-refractivity contribution < 1.29 is 13.5 Å². The number of hydrogen-bond acceptors (Lipinski definition) is 3. The number of rotatable bonds is 4. The van der Waals surface area contributed by atoms with Gasteiger partial charge in [-0.05, 0) is 38.2 Å². The van der Waals surface area contributed by atoms with Gasteiger partial charge in [-0.3, -0.25) is 0 Å². The standard InChI is InChI=1S/C15H23NO3S/c1-12-4-3-5-14(10-12)11-20(18,19)16-8-6-15(7-9-16)13(2)17/h3-5,10,13,15,17H,6-9,11H2,1-2H3. The van der Waals surface area contributed by atoms with Gasteiger partial charge in [0.15, 0.2) is 0 Å². The van der Waals surface area contributed by atoms with Crippen LogP contribution in [0.3, 0.4) is 0 Å². The molecular weight excluding hydrogens is 274 g/mol. The van der Waals surface area contributed by atoms with E-state index in [0.29, 0.717) is 13.1 Å². The van der Waals surface area contributed by atoms with Crippen LogP contribution in [0.25, 0.3) is 0 Å². The van der Waals surface area contributed by atoms with Gasteiger partial charge >= 0.3 is 0 Å². The van der Waals surface area contributed by atoms with Gasteiger partial charge in [-0.25, -0.2) is 12.7 Å². The zero-order chi connectivity index (χ0) is 14.8. The normalized spacial score (nSPS) is 19.9. The molecule has 0 spiro atoms. The topological polar surface area (TPSA) is 57.6 Å². The highest BCUT2D eigenvalue weighted by Gasteiger charge is 2.29. The lowest BCUT2D eigenvalue weighted by molar-refractivity contribution is 0.0912. The lowest BCUT2D eigenvalue weighted by atomic mass is 9.93. The number of nitrogens with zero attached hydrogens (tertiary/aromatic N) is 1. The average molecular weight is 297 g/mol. The summed E-state index contributed by atoms with van der Waals surface area (Å²) in [6.07, 6.45) is 1.13. The average Bonchev–Trinajstić information content (AvgIpc) is 2.38. The summed E-state index contributed by atoms with van der Waals surface area (Å²) < 4.78 is 26.4. The minimum absolute atomic E-state index is 0.0635. The molecule has 2 rings (SSSR count). The fraction of sp³-hybridized carbons (Fsp3) is 0.600. The first-order chi connectivity index (χ1) is 9.38. The number of piperidine rings is 1. The van der Waals surface area contributed by atoms with Gasteiger partial charge in [0.2, 0.25) is 10.0 Å². The van der Waals surface area contributed by atoms with E-state index in [4.69, 9.17) is 0 Å². The highest BCUT2D eigenvalue weighted by molar-refractivity contribution is 7.88. The Morgan fingerprint density at radius 3 is 2.55 bits per heavy atom. The van der Waals surface area contributed by atoms with E-state index in [-0.39, 0.29) is 17.8 Å². The van der Waals surface area contributed by atoms with Crippen molar-refractivity contribution in [2.45, 2.75) is 38.5 Å². The van der Waals surface area contributed by atoms with Gasteiger partial charge in [-0.15, -0.1) is 0 Å². The Morgan fingerprint density at radius 2 is 2.00 bits per heavy atom. The molecule has 1 saturated heterocycles. The SMILES string of the molecule is Cc1cccc(CS(=O)(=O)N2CCC(C(C)O)CC2)c1. The molecule has 0 bridgehead atoms. The van der Waals surface area contributed by atoms with Gasteiger partial charge in [0.05, 0.1) is 11.9 Å². The Labute approximate surface area is 121 Å². The van der Waals surface area contributed by atoms with Gasteiger partial charge in [-0.1, -0.05) is 29.8 Å². The first kappa shape index (κ1) is 15.5. The number of hydrogen-bond donors (Lipinski definition) is 1. The fourth-order valence-corrected chi connectivity index (χ4v) is 4.29. The summed E-state index contributed by atoms with van der Waals surface area (Å²) in [5.74, 6) is 0.286. The van der Waals surface area contributed by atoms with Crippen LogP contribution in [0.4, 0.5) is 0 Å². The molecule has 0 saturated carbocycles. The molecule has 0 aliphatic carbocycles. The Balaban J connectivity index is 2.01. The molecule has 0 radical (unpaired) electrons. The predicted molar refractivity (Wildman–Crippen MR) is 79.8 cm³/mol. The van der Waals surface area contributed by atoms with E-state index in [1.165, 1.54) is 0 Å². The van der Waals surface area contributed by atoms with Crippen molar-refractivity contribution in [3.8, 4) is 0 Å². The largest absolute Gasteiger partial charge is 0.393 e. The van der Waals surface area contributed by atoms with Gasteiger partial charge in [0.1, 0.15) is 0 Å². The van der Waals surface area contributed by atoms with Crippen molar-refractivity contribution >= 4 is 10.0 Å². The summed E-state index contributed by atoms with van der Waals surface area (Å²) >= 11 is 0. The van der Waals surface area contributed by atoms with E-state index in [1.54, 1.807) is 11.2 Å². The minimum atomic E-state index is -3.25. The Morgan fingerprint density at radius 1 is 1.35 bits per heavy atom. The minimum Gasteiger partial charge on any atom is -0.393 e. The molecule has 1 aliphatic rings. The van der Waals surface area contributed by atoms with Gasteiger partial charge in [0, 0.05) is 13.1 Å². The van der Waals surface area contributed by atoms with Crippen molar-refractivity contribution in [3.63, 3.8) is 0 Å². The summed E-state index contributed by atoms with van der Waals surface area (Å²) in [5, 5.41) is 9.56. The molecular formula is C15H23NO3S. The molecule has 4 nitrogen and oxygen atoms in total. The molecule has 1 aliphatic heterocycles. The highest BCUT2D eigenvalue weighted by Crippen LogP contribution is 2.24. The highest BCUT2D eigenvalue weighted by atomic mass is 32.2. The zero-order valence-electron chi connectivity index (χ0n) is 12.1. The molecule has 1 aromatic carbocycles. The Kier molecular flexibility index (Phi) is 4.83. The summed E-state index contributed by atoms with van der Waals surface area (Å²) in [5.41, 5.74) is 1.91. The molecule has 1 fully saturated rings. The monoisotopic (exact) mass is 297 g/mol. The van der Waals surface area contributed by atoms with Crippen LogP contribution >= 0.6 is 0 Å². The van der Waals surface area contributed by atoms with Crippen LogP contribution < -0.4 is 0 Å². The summed E-state index contributed by atoms with van der Waals surface area (Å²) in [6, 6.07) is 7.62. The molecule has 1 aromatic rings. The van der Waals surface area contributed by atoms with Crippen LogP contribution in [0.15, 0.2) is 24.3 Å². The number of aliphatic hydroxyl groups is 1. The van der Waals surface area contributed by atoms with Crippen LogP contribution in [0, 0.1) is 12.8 Å². The van der Waals surface area contributed by atoms with Crippen LogP contribution in [-0.4, -0.2) is 37.0 Å². The van der Waals surface area contributed by atoms with Crippen molar-refractivity contribution in [1.82, 2.24) is 4.31 Å². The fourth-order valence-electron chi connectivity index (χ4n) is 2.74. The maximum atomic E-state index is 12.4. The van der Waals surface area contributed by atoms with Crippen molar-refractivity contribution in [3.05, 3.63) is 35.4 Å². The number of aryl methyl sites for hydroxylation is 1. The quantitative estimate of drug-likeness (QED) is 0.923. The second-order valence-electron chi connectivity index (χ2n) is 5.72. The Hall–Kier alpha value is -0.910. The van der Waals surface area contributed by atoms with Crippen molar-refractivity contribution in [2.24, 2.45) is 5.92 Å². The third-order valence-electron chi connectivity index (χ3n) is 4.01. The number of aliphatic hydroxyl groups excluding tert-OH is 1. The van der Waals surface area contributed by atoms with E-state index >= 15 is 0 Å². The zero-order valence-corrected chi connectivity index (χ0v) is 12.9. The van der Waals surface area contributed by atoms with Crippen LogP contribution in [-0.2, 0) is 15.8 Å². The Bertz CT molecular complexity index is 546. The molecule has 1 atom stereocenters. The molecule has 5 heteroatoms. The molecule has 0 aromatic heterocycles. The summed E-state index contributed by atoms with van der Waals surface area (Å²) in [7, 11) is -3.25. The van der Waals surface area contributed by atoms with E-state index < -0.39 is 10.0 Å². The maximum Gasteiger partial charge on any atom is 0.218 e. The van der Waals surface area contributed by atoms with Crippen LogP contribution in [0.5, 0.6) is 0 Å². The van der Waals surface area contributed by atoms with Crippen LogP contribution in [0.2, 0.25) is 0 Å². The molecule has 1 N–H and O–H groups in total. The number of benzene rings is 1. The first-order valence-corrected chi connectivity index (χ1v) is 8.71. The van der Waals surface area contributed by atoms with Crippen molar-refractivity contribution in [2.75, 3.05) is 13.1 Å². The number of sulfonamides is 1. The molecule has 1 heterocycles. The molecule has 112 valence electrons. The lowest BCUT2D eigenvalue weighted by Gasteiger charge is -2.32. The predicted octanol–water partition coefficient (Wildman–Crippen LogP) is 1.92. The van der Waals surface area contributed by atoms with E-state index in [0.717, 1.165) is 24.0 Å². The summed E-state index contributed by atoms with van der Waals surface area (Å²) in [4.78, 5) is 0. The maximum absolute atomic E-state index is 12.4. The second kappa shape index (κ2) is 6.24. The molecule has 1 unspecified atom stereocenters. The smallest absolute Gasteiger partial charge is 0.218 e. The molecule has 0 amide bonds. The van der Waals surface area contributed by atoms with Crippen molar-refractivity contribution in [1.29, 1.82) is 0 Å². The lowest BCUT2D eigenvalue weighted by Crippen LogP contribution is -2.41. The van der Waals surface area contributed by atoms with E-state index in [1.807, 2.05) is 31.2 Å². The van der Waals surface area contributed by atoms with Gasteiger partial charge in [0.25, 0.3) is 0 Å². The summed E-state index contributed by atoms with van der Waals surface area (Å²) in [6.45, 7) is 4.78. The first-order valence-electron chi connectivity index (χ1n) is 7.10.